The van der Waals surface area contributed by atoms with Gasteiger partial charge >= 0.3 is 0 Å². The molecule has 0 bridgehead atoms. The topological polar surface area (TPSA) is 44.5 Å². The Morgan fingerprint density at radius 1 is 1.27 bits per heavy atom. The lowest BCUT2D eigenvalue weighted by Crippen LogP contribution is -2.18. The number of rotatable bonds is 4. The van der Waals surface area contributed by atoms with Gasteiger partial charge in [-0.2, -0.15) is 0 Å². The molecule has 84 valence electrons. The number of hydrogen-bond acceptors (Lipinski definition) is 3. The highest BCUT2D eigenvalue weighted by atomic mass is 35.5. The molecule has 0 radical (unpaired) electrons. The third-order valence-electron chi connectivity index (χ3n) is 2.10. The summed E-state index contributed by atoms with van der Waals surface area (Å²) >= 11 is 6.02. The van der Waals surface area contributed by atoms with Crippen molar-refractivity contribution in [1.29, 1.82) is 0 Å². The molecule has 1 aromatic carbocycles. The summed E-state index contributed by atoms with van der Waals surface area (Å²) in [6.45, 7) is 1.94. The average Bonchev–Trinajstić information content (AvgIpc) is 2.17. The summed E-state index contributed by atoms with van der Waals surface area (Å²) < 4.78 is 10.4. The van der Waals surface area contributed by atoms with Crippen molar-refractivity contribution >= 4 is 11.6 Å². The fraction of sp³-hybridized carbons (Fsp3) is 0.455. The Kier molecular flexibility index (Phi) is 4.24. The van der Waals surface area contributed by atoms with Gasteiger partial charge in [0.2, 0.25) is 0 Å². The maximum Gasteiger partial charge on any atom is 0.141 e. The molecular weight excluding hydrogens is 214 g/mol. The van der Waals surface area contributed by atoms with E-state index in [0.29, 0.717) is 10.8 Å². The number of hydrogen-bond donors (Lipinski definition) is 1. The van der Waals surface area contributed by atoms with Crippen molar-refractivity contribution in [1.82, 2.24) is 0 Å². The van der Waals surface area contributed by atoms with Gasteiger partial charge in [-0.05, 0) is 25.0 Å². The van der Waals surface area contributed by atoms with E-state index in [4.69, 9.17) is 26.8 Å². The van der Waals surface area contributed by atoms with Gasteiger partial charge in [-0.1, -0.05) is 11.6 Å². The van der Waals surface area contributed by atoms with Gasteiger partial charge in [-0.3, -0.25) is 0 Å². The minimum atomic E-state index is 0.0726. The van der Waals surface area contributed by atoms with E-state index in [2.05, 4.69) is 0 Å². The average molecular weight is 230 g/mol. The fourth-order valence-corrected chi connectivity index (χ4v) is 1.69. The lowest BCUT2D eigenvalue weighted by Gasteiger charge is -2.13. The Labute approximate surface area is 95.1 Å². The van der Waals surface area contributed by atoms with Crippen LogP contribution in [0.4, 0.5) is 0 Å². The third kappa shape index (κ3) is 3.01. The minimum Gasteiger partial charge on any atom is -0.496 e. The van der Waals surface area contributed by atoms with Gasteiger partial charge in [0.25, 0.3) is 0 Å². The van der Waals surface area contributed by atoms with E-state index >= 15 is 0 Å². The minimum absolute atomic E-state index is 0.0726. The normalized spacial score (nSPS) is 12.3. The number of nitrogens with two attached hydrogens (primary N) is 1. The highest BCUT2D eigenvalue weighted by Crippen LogP contribution is 2.32. The second-order valence-electron chi connectivity index (χ2n) is 3.48. The van der Waals surface area contributed by atoms with Crippen molar-refractivity contribution < 1.29 is 9.47 Å². The summed E-state index contributed by atoms with van der Waals surface area (Å²) in [7, 11) is 3.19. The highest BCUT2D eigenvalue weighted by molar-refractivity contribution is 6.32. The van der Waals surface area contributed by atoms with Gasteiger partial charge in [-0.25, -0.2) is 0 Å². The lowest BCUT2D eigenvalue weighted by atomic mass is 10.1. The molecule has 2 N–H and O–H groups in total. The molecule has 0 amide bonds. The van der Waals surface area contributed by atoms with Gasteiger partial charge in [-0.15, -0.1) is 0 Å². The van der Waals surface area contributed by atoms with Gasteiger partial charge < -0.3 is 15.2 Å². The van der Waals surface area contributed by atoms with Crippen LogP contribution in [0.25, 0.3) is 0 Å². The van der Waals surface area contributed by atoms with E-state index < -0.39 is 0 Å². The lowest BCUT2D eigenvalue weighted by molar-refractivity contribution is 0.390. The maximum absolute atomic E-state index is 6.02. The van der Waals surface area contributed by atoms with Crippen molar-refractivity contribution in [2.24, 2.45) is 5.73 Å². The number of methoxy groups -OCH3 is 2. The van der Waals surface area contributed by atoms with Crippen molar-refractivity contribution in [2.45, 2.75) is 19.4 Å². The number of ether oxygens (including phenoxy) is 2. The SMILES string of the molecule is COc1cc(OC)c(CC(C)N)cc1Cl. The van der Waals surface area contributed by atoms with Crippen molar-refractivity contribution in [3.05, 3.63) is 22.7 Å². The number of halogens is 1. The van der Waals surface area contributed by atoms with Gasteiger partial charge in [0.15, 0.2) is 0 Å². The smallest absolute Gasteiger partial charge is 0.141 e. The Balaban J connectivity index is 3.09. The Hall–Kier alpha value is -0.930. The van der Waals surface area contributed by atoms with Crippen molar-refractivity contribution in [2.75, 3.05) is 14.2 Å². The second kappa shape index (κ2) is 5.24. The Morgan fingerprint density at radius 2 is 1.87 bits per heavy atom. The van der Waals surface area contributed by atoms with Crippen molar-refractivity contribution in [3.63, 3.8) is 0 Å². The van der Waals surface area contributed by atoms with Crippen LogP contribution in [0.1, 0.15) is 12.5 Å². The molecule has 1 aromatic rings. The van der Waals surface area contributed by atoms with E-state index in [0.717, 1.165) is 17.7 Å². The molecule has 1 atom stereocenters. The zero-order valence-corrected chi connectivity index (χ0v) is 9.97. The van der Waals surface area contributed by atoms with Crippen LogP contribution in [-0.2, 0) is 6.42 Å². The summed E-state index contributed by atoms with van der Waals surface area (Å²) in [5.74, 6) is 1.37. The first kappa shape index (κ1) is 12.1. The van der Waals surface area contributed by atoms with Gasteiger partial charge in [0.05, 0.1) is 19.2 Å². The predicted molar refractivity (Wildman–Crippen MR) is 61.9 cm³/mol. The maximum atomic E-state index is 6.02. The van der Waals surface area contributed by atoms with Crippen LogP contribution in [0.5, 0.6) is 11.5 Å². The summed E-state index contributed by atoms with van der Waals surface area (Å²) in [5, 5.41) is 0.578. The third-order valence-corrected chi connectivity index (χ3v) is 2.39. The van der Waals surface area contributed by atoms with Gasteiger partial charge in [0, 0.05) is 12.1 Å². The van der Waals surface area contributed by atoms with Crippen LogP contribution >= 0.6 is 11.6 Å². The Morgan fingerprint density at radius 3 is 2.33 bits per heavy atom. The molecule has 0 aliphatic rings. The largest absolute Gasteiger partial charge is 0.496 e. The van der Waals surface area contributed by atoms with E-state index in [1.54, 1.807) is 20.3 Å². The van der Waals surface area contributed by atoms with Crippen LogP contribution in [0.3, 0.4) is 0 Å². The molecule has 0 aliphatic carbocycles. The molecule has 15 heavy (non-hydrogen) atoms. The van der Waals surface area contributed by atoms with Crippen LogP contribution < -0.4 is 15.2 Å². The zero-order valence-electron chi connectivity index (χ0n) is 9.21. The molecule has 1 unspecified atom stereocenters. The molecule has 4 heteroatoms. The molecule has 0 spiro atoms. The van der Waals surface area contributed by atoms with E-state index in [9.17, 15) is 0 Å². The predicted octanol–water partition coefficient (Wildman–Crippen LogP) is 2.25. The summed E-state index contributed by atoms with van der Waals surface area (Å²) in [6.07, 6.45) is 0.729. The van der Waals surface area contributed by atoms with Crippen molar-refractivity contribution in [3.8, 4) is 11.5 Å². The molecule has 0 aromatic heterocycles. The van der Waals surface area contributed by atoms with E-state index in [1.807, 2.05) is 13.0 Å². The molecule has 0 aliphatic heterocycles. The zero-order chi connectivity index (χ0) is 11.4. The second-order valence-corrected chi connectivity index (χ2v) is 3.89. The van der Waals surface area contributed by atoms with E-state index in [-0.39, 0.29) is 6.04 Å². The molecule has 0 heterocycles. The molecule has 0 saturated heterocycles. The monoisotopic (exact) mass is 229 g/mol. The first-order chi connectivity index (χ1) is 7.08. The molecule has 0 saturated carbocycles. The number of benzene rings is 1. The van der Waals surface area contributed by atoms with Crippen LogP contribution in [-0.4, -0.2) is 20.3 Å². The fourth-order valence-electron chi connectivity index (χ4n) is 1.43. The quantitative estimate of drug-likeness (QED) is 0.861. The standard InChI is InChI=1S/C11H16ClNO2/c1-7(13)4-8-5-9(12)11(15-3)6-10(8)14-2/h5-7H,4,13H2,1-3H3. The summed E-state index contributed by atoms with van der Waals surface area (Å²) in [4.78, 5) is 0. The Bertz CT molecular complexity index is 340. The highest BCUT2D eigenvalue weighted by Gasteiger charge is 2.10. The summed E-state index contributed by atoms with van der Waals surface area (Å²) in [6, 6.07) is 3.69. The van der Waals surface area contributed by atoms with E-state index in [1.165, 1.54) is 0 Å². The first-order valence-electron chi connectivity index (χ1n) is 4.74. The molecule has 3 nitrogen and oxygen atoms in total. The summed E-state index contributed by atoms with van der Waals surface area (Å²) in [5.41, 5.74) is 6.74. The molecule has 0 fully saturated rings. The van der Waals surface area contributed by atoms with Crippen LogP contribution in [0.15, 0.2) is 12.1 Å². The van der Waals surface area contributed by atoms with Crippen LogP contribution in [0.2, 0.25) is 5.02 Å². The first-order valence-corrected chi connectivity index (χ1v) is 5.12. The van der Waals surface area contributed by atoms with Crippen LogP contribution in [0, 0.1) is 0 Å². The molecule has 1 rings (SSSR count). The van der Waals surface area contributed by atoms with Gasteiger partial charge in [0.1, 0.15) is 11.5 Å². The molecular formula is C11H16ClNO2.